The number of nitro benzene ring substituents is 1. The first-order chi connectivity index (χ1) is 9.10. The van der Waals surface area contributed by atoms with E-state index in [9.17, 15) is 10.1 Å². The second-order valence-electron chi connectivity index (χ2n) is 4.30. The summed E-state index contributed by atoms with van der Waals surface area (Å²) in [7, 11) is 0. The highest BCUT2D eigenvalue weighted by Crippen LogP contribution is 2.22. The maximum atomic E-state index is 10.7. The first-order valence-electron chi connectivity index (χ1n) is 6.13. The van der Waals surface area contributed by atoms with E-state index in [1.165, 1.54) is 12.1 Å². The van der Waals surface area contributed by atoms with E-state index in [2.05, 4.69) is 10.4 Å². The minimum absolute atomic E-state index is 0.0438. The van der Waals surface area contributed by atoms with Crippen LogP contribution in [0.3, 0.4) is 0 Å². The van der Waals surface area contributed by atoms with Gasteiger partial charge in [-0.05, 0) is 19.9 Å². The number of hydrogen-bond donors (Lipinski definition) is 1. The number of aryl methyl sites for hydroxylation is 1. The van der Waals surface area contributed by atoms with Gasteiger partial charge in [0.25, 0.3) is 5.69 Å². The van der Waals surface area contributed by atoms with Crippen LogP contribution in [0.5, 0.6) is 0 Å². The summed E-state index contributed by atoms with van der Waals surface area (Å²) in [4.78, 5) is 10.3. The van der Waals surface area contributed by atoms with Crippen LogP contribution in [0, 0.1) is 10.1 Å². The highest BCUT2D eigenvalue weighted by atomic mass is 16.6. The van der Waals surface area contributed by atoms with Crippen molar-refractivity contribution in [2.75, 3.05) is 5.32 Å². The van der Waals surface area contributed by atoms with Crippen molar-refractivity contribution >= 4 is 11.4 Å². The fourth-order valence-corrected chi connectivity index (χ4v) is 1.82. The van der Waals surface area contributed by atoms with Crippen LogP contribution < -0.4 is 5.32 Å². The molecule has 0 amide bonds. The highest BCUT2D eigenvalue weighted by Gasteiger charge is 2.10. The summed E-state index contributed by atoms with van der Waals surface area (Å²) in [6.45, 7) is 4.84. The number of aromatic nitrogens is 2. The van der Waals surface area contributed by atoms with Gasteiger partial charge in [0.05, 0.1) is 17.2 Å². The molecule has 100 valence electrons. The van der Waals surface area contributed by atoms with Gasteiger partial charge in [0.15, 0.2) is 0 Å². The zero-order chi connectivity index (χ0) is 13.8. The molecule has 1 N–H and O–H groups in total. The van der Waals surface area contributed by atoms with E-state index in [0.717, 1.165) is 17.8 Å². The Morgan fingerprint density at radius 2 is 2.32 bits per heavy atom. The molecule has 2 rings (SSSR count). The lowest BCUT2D eigenvalue weighted by Crippen LogP contribution is -2.06. The summed E-state index contributed by atoms with van der Waals surface area (Å²) >= 11 is 0. The van der Waals surface area contributed by atoms with E-state index in [-0.39, 0.29) is 11.7 Å². The zero-order valence-electron chi connectivity index (χ0n) is 10.9. The van der Waals surface area contributed by atoms with Crippen LogP contribution in [0.2, 0.25) is 0 Å². The molecule has 1 atom stereocenters. The molecular weight excluding hydrogens is 244 g/mol. The predicted molar refractivity (Wildman–Crippen MR) is 73.0 cm³/mol. The average molecular weight is 260 g/mol. The molecule has 0 aliphatic heterocycles. The lowest BCUT2D eigenvalue weighted by atomic mass is 10.2. The standard InChI is InChI=1S/C13H16N4O2/c1-3-16-9-11(8-14-16)10(2)15-12-5-4-6-13(7-12)17(18)19/h4-10,15H,3H2,1-2H3. The Bertz CT molecular complexity index is 580. The lowest BCUT2D eigenvalue weighted by molar-refractivity contribution is -0.384. The topological polar surface area (TPSA) is 73.0 Å². The van der Waals surface area contributed by atoms with Crippen LogP contribution in [0.25, 0.3) is 0 Å². The van der Waals surface area contributed by atoms with Gasteiger partial charge in [-0.3, -0.25) is 14.8 Å². The van der Waals surface area contributed by atoms with Crippen molar-refractivity contribution in [1.82, 2.24) is 9.78 Å². The molecule has 2 aromatic rings. The van der Waals surface area contributed by atoms with Gasteiger partial charge in [-0.15, -0.1) is 0 Å². The molecule has 0 aliphatic rings. The Labute approximate surface area is 111 Å². The van der Waals surface area contributed by atoms with Gasteiger partial charge < -0.3 is 5.32 Å². The largest absolute Gasteiger partial charge is 0.378 e. The SMILES string of the molecule is CCn1cc(C(C)Nc2cccc([N+](=O)[O-])c2)cn1. The van der Waals surface area contributed by atoms with Crippen molar-refractivity contribution in [3.05, 3.63) is 52.3 Å². The Kier molecular flexibility index (Phi) is 3.79. The molecule has 1 aromatic carbocycles. The van der Waals surface area contributed by atoms with E-state index in [1.807, 2.05) is 30.8 Å². The van der Waals surface area contributed by atoms with E-state index >= 15 is 0 Å². The zero-order valence-corrected chi connectivity index (χ0v) is 10.9. The Balaban J connectivity index is 2.12. The summed E-state index contributed by atoms with van der Waals surface area (Å²) in [5, 5.41) is 18.2. The van der Waals surface area contributed by atoms with Crippen molar-refractivity contribution in [2.45, 2.75) is 26.4 Å². The fourth-order valence-electron chi connectivity index (χ4n) is 1.82. The van der Waals surface area contributed by atoms with E-state index < -0.39 is 4.92 Å². The third-order valence-electron chi connectivity index (χ3n) is 2.92. The molecule has 6 heteroatoms. The van der Waals surface area contributed by atoms with E-state index in [1.54, 1.807) is 12.3 Å². The number of nitro groups is 1. The normalized spacial score (nSPS) is 12.1. The smallest absolute Gasteiger partial charge is 0.271 e. The van der Waals surface area contributed by atoms with Gasteiger partial charge in [0, 0.05) is 36.1 Å². The minimum Gasteiger partial charge on any atom is -0.378 e. The number of non-ortho nitro benzene ring substituents is 1. The van der Waals surface area contributed by atoms with Crippen LogP contribution in [-0.2, 0) is 6.54 Å². The molecule has 0 aliphatic carbocycles. The van der Waals surface area contributed by atoms with Crippen molar-refractivity contribution in [2.24, 2.45) is 0 Å². The van der Waals surface area contributed by atoms with Crippen molar-refractivity contribution in [1.29, 1.82) is 0 Å². The summed E-state index contributed by atoms with van der Waals surface area (Å²) in [5.74, 6) is 0. The summed E-state index contributed by atoms with van der Waals surface area (Å²) in [5.41, 5.74) is 1.86. The Morgan fingerprint density at radius 1 is 1.53 bits per heavy atom. The van der Waals surface area contributed by atoms with Gasteiger partial charge in [-0.25, -0.2) is 0 Å². The number of nitrogens with one attached hydrogen (secondary N) is 1. The Morgan fingerprint density at radius 3 is 2.95 bits per heavy atom. The molecule has 6 nitrogen and oxygen atoms in total. The number of rotatable bonds is 5. The molecular formula is C13H16N4O2. The van der Waals surface area contributed by atoms with Crippen molar-refractivity contribution in [3.8, 4) is 0 Å². The maximum absolute atomic E-state index is 10.7. The summed E-state index contributed by atoms with van der Waals surface area (Å²) in [6.07, 6.45) is 3.77. The first kappa shape index (κ1) is 13.1. The van der Waals surface area contributed by atoms with Gasteiger partial charge in [-0.1, -0.05) is 6.07 Å². The van der Waals surface area contributed by atoms with Crippen LogP contribution in [-0.4, -0.2) is 14.7 Å². The van der Waals surface area contributed by atoms with E-state index in [0.29, 0.717) is 0 Å². The highest BCUT2D eigenvalue weighted by molar-refractivity contribution is 5.52. The molecule has 0 spiro atoms. The first-order valence-corrected chi connectivity index (χ1v) is 6.13. The van der Waals surface area contributed by atoms with Gasteiger partial charge in [-0.2, -0.15) is 5.10 Å². The number of hydrogen-bond acceptors (Lipinski definition) is 4. The second-order valence-corrected chi connectivity index (χ2v) is 4.30. The second kappa shape index (κ2) is 5.51. The van der Waals surface area contributed by atoms with Crippen LogP contribution in [0.4, 0.5) is 11.4 Å². The maximum Gasteiger partial charge on any atom is 0.271 e. The third kappa shape index (κ3) is 3.09. The summed E-state index contributed by atoms with van der Waals surface area (Å²) in [6, 6.07) is 6.53. The quantitative estimate of drug-likeness (QED) is 0.662. The van der Waals surface area contributed by atoms with Gasteiger partial charge >= 0.3 is 0 Å². The van der Waals surface area contributed by atoms with Gasteiger partial charge in [0.1, 0.15) is 0 Å². The molecule has 0 radical (unpaired) electrons. The number of anilines is 1. The molecule has 0 saturated carbocycles. The van der Waals surface area contributed by atoms with Gasteiger partial charge in [0.2, 0.25) is 0 Å². The van der Waals surface area contributed by atoms with E-state index in [4.69, 9.17) is 0 Å². The molecule has 1 aromatic heterocycles. The monoisotopic (exact) mass is 260 g/mol. The molecule has 1 unspecified atom stereocenters. The van der Waals surface area contributed by atoms with Crippen LogP contribution >= 0.6 is 0 Å². The van der Waals surface area contributed by atoms with Crippen LogP contribution in [0.1, 0.15) is 25.5 Å². The lowest BCUT2D eigenvalue weighted by Gasteiger charge is -2.13. The molecule has 1 heterocycles. The van der Waals surface area contributed by atoms with Crippen molar-refractivity contribution in [3.63, 3.8) is 0 Å². The van der Waals surface area contributed by atoms with Crippen LogP contribution in [0.15, 0.2) is 36.7 Å². The number of benzene rings is 1. The fraction of sp³-hybridized carbons (Fsp3) is 0.308. The minimum atomic E-state index is -0.398. The average Bonchev–Trinajstić information content (AvgIpc) is 2.88. The predicted octanol–water partition coefficient (Wildman–Crippen LogP) is 2.98. The van der Waals surface area contributed by atoms with Crippen molar-refractivity contribution < 1.29 is 4.92 Å². The number of nitrogens with zero attached hydrogens (tertiary/aromatic N) is 3. The summed E-state index contributed by atoms with van der Waals surface area (Å²) < 4.78 is 1.85. The molecule has 0 fully saturated rings. The Hall–Kier alpha value is -2.37. The molecule has 0 bridgehead atoms. The molecule has 0 saturated heterocycles. The third-order valence-corrected chi connectivity index (χ3v) is 2.92. The molecule has 19 heavy (non-hydrogen) atoms.